The number of hydrogen-bond acceptors (Lipinski definition) is 5. The van der Waals surface area contributed by atoms with Crippen LogP contribution in [0.1, 0.15) is 30.0 Å². The number of alkyl halides is 3. The first kappa shape index (κ1) is 21.9. The van der Waals surface area contributed by atoms with E-state index in [0.29, 0.717) is 17.1 Å². The van der Waals surface area contributed by atoms with Crippen LogP contribution < -0.4 is 10.2 Å². The Labute approximate surface area is 196 Å². The van der Waals surface area contributed by atoms with Crippen molar-refractivity contribution in [1.82, 2.24) is 15.5 Å². The minimum Gasteiger partial charge on any atom is -0.334 e. The second kappa shape index (κ2) is 8.45. The number of thiophene rings is 1. The van der Waals surface area contributed by atoms with E-state index < -0.39 is 23.8 Å². The van der Waals surface area contributed by atoms with Gasteiger partial charge in [0.15, 0.2) is 0 Å². The predicted octanol–water partition coefficient (Wildman–Crippen LogP) is 6.52. The van der Waals surface area contributed by atoms with Crippen molar-refractivity contribution in [1.29, 1.82) is 0 Å². The van der Waals surface area contributed by atoms with E-state index in [1.165, 1.54) is 28.4 Å². The molecular weight excluding hydrogens is 465 g/mol. The van der Waals surface area contributed by atoms with Gasteiger partial charge in [-0.3, -0.25) is 4.90 Å². The Hall–Kier alpha value is -3.92. The van der Waals surface area contributed by atoms with E-state index in [2.05, 4.69) is 15.5 Å². The van der Waals surface area contributed by atoms with Gasteiger partial charge in [-0.1, -0.05) is 41.6 Å². The molecule has 1 N–H and O–H groups in total. The molecule has 4 aromatic rings. The van der Waals surface area contributed by atoms with Gasteiger partial charge >= 0.3 is 12.2 Å². The number of anilines is 1. The lowest BCUT2D eigenvalue weighted by Gasteiger charge is -2.35. The molecule has 3 heterocycles. The molecule has 6 nitrogen and oxygen atoms in total. The Bertz CT molecular complexity index is 1350. The van der Waals surface area contributed by atoms with Crippen LogP contribution in [0, 0.1) is 0 Å². The lowest BCUT2D eigenvalue weighted by atomic mass is 9.94. The summed E-state index contributed by atoms with van der Waals surface area (Å²) in [5, 5.41) is 8.92. The smallest absolute Gasteiger partial charge is 0.334 e. The van der Waals surface area contributed by atoms with Gasteiger partial charge in [-0.15, -0.1) is 11.3 Å². The number of nitrogens with one attached hydrogen (secondary N) is 1. The van der Waals surface area contributed by atoms with E-state index in [4.69, 9.17) is 4.52 Å². The van der Waals surface area contributed by atoms with Crippen LogP contribution in [0.2, 0.25) is 0 Å². The van der Waals surface area contributed by atoms with Gasteiger partial charge in [0.2, 0.25) is 5.82 Å². The maximum atomic E-state index is 13.1. The first-order valence-corrected chi connectivity index (χ1v) is 11.1. The molecule has 1 atom stereocenters. The molecule has 2 aromatic carbocycles. The summed E-state index contributed by atoms with van der Waals surface area (Å²) in [6.45, 7) is 1.71. The molecule has 172 valence electrons. The molecule has 0 bridgehead atoms. The first-order valence-electron chi connectivity index (χ1n) is 10.2. The first-order chi connectivity index (χ1) is 16.3. The van der Waals surface area contributed by atoms with Crippen LogP contribution in [-0.2, 0) is 6.18 Å². The second-order valence-electron chi connectivity index (χ2n) is 7.57. The number of amides is 2. The van der Waals surface area contributed by atoms with Crippen molar-refractivity contribution >= 4 is 28.6 Å². The molecule has 1 unspecified atom stereocenters. The number of halogens is 3. The Morgan fingerprint density at radius 1 is 1.03 bits per heavy atom. The highest BCUT2D eigenvalue weighted by Gasteiger charge is 2.37. The molecule has 34 heavy (non-hydrogen) atoms. The van der Waals surface area contributed by atoms with Gasteiger partial charge in [0.1, 0.15) is 0 Å². The number of carbonyl (C=O) groups is 1. The van der Waals surface area contributed by atoms with Crippen LogP contribution in [0.4, 0.5) is 23.7 Å². The number of carbonyl (C=O) groups excluding carboxylic acids is 1. The molecule has 1 aliphatic rings. The van der Waals surface area contributed by atoms with Crippen LogP contribution >= 0.6 is 11.3 Å². The van der Waals surface area contributed by atoms with Crippen LogP contribution in [0.3, 0.4) is 0 Å². The normalized spacial score (nSPS) is 16.6. The Morgan fingerprint density at radius 2 is 1.76 bits per heavy atom. The zero-order valence-electron chi connectivity index (χ0n) is 17.7. The maximum Gasteiger partial charge on any atom is 0.416 e. The molecule has 0 aliphatic carbocycles. The van der Waals surface area contributed by atoms with Crippen molar-refractivity contribution in [2.24, 2.45) is 0 Å². The summed E-state index contributed by atoms with van der Waals surface area (Å²) >= 11 is 1.46. The second-order valence-corrected chi connectivity index (χ2v) is 8.52. The topological polar surface area (TPSA) is 71.3 Å². The molecule has 0 fully saturated rings. The minimum atomic E-state index is -4.47. The highest BCUT2D eigenvalue weighted by Crippen LogP contribution is 2.40. The average molecular weight is 482 g/mol. The Balaban J connectivity index is 1.62. The SMILES string of the molecule is CC1=C(c2nc(-c3cccs3)no2)C(c2ccccc2)NC(=O)N1c1ccc(C(F)(F)F)cc1. The summed E-state index contributed by atoms with van der Waals surface area (Å²) in [7, 11) is 0. The van der Waals surface area contributed by atoms with Crippen molar-refractivity contribution < 1.29 is 22.5 Å². The number of urea groups is 1. The molecule has 0 saturated heterocycles. The third-order valence-corrected chi connectivity index (χ3v) is 6.33. The van der Waals surface area contributed by atoms with E-state index in [1.54, 1.807) is 6.92 Å². The number of allylic oxidation sites excluding steroid dienone is 1. The van der Waals surface area contributed by atoms with Crippen molar-refractivity contribution in [3.63, 3.8) is 0 Å². The molecule has 10 heteroatoms. The summed E-state index contributed by atoms with van der Waals surface area (Å²) in [4.78, 5) is 19.8. The largest absolute Gasteiger partial charge is 0.416 e. The van der Waals surface area contributed by atoms with Crippen molar-refractivity contribution in [3.05, 3.63) is 94.8 Å². The van der Waals surface area contributed by atoms with Gasteiger partial charge in [-0.2, -0.15) is 18.2 Å². The average Bonchev–Trinajstić information content (AvgIpc) is 3.51. The van der Waals surface area contributed by atoms with Crippen LogP contribution in [0.15, 0.2) is 82.3 Å². The number of nitrogens with zero attached hydrogens (tertiary/aromatic N) is 3. The standard InChI is InChI=1S/C24H17F3N4O2S/c1-14-19(22-29-21(30-33-22)18-8-5-13-34-18)20(15-6-3-2-4-7-15)28-23(32)31(14)17-11-9-16(10-12-17)24(25,26)27/h2-13,20H,1H3,(H,28,32). The molecular formula is C24H17F3N4O2S. The van der Waals surface area contributed by atoms with Crippen LogP contribution in [-0.4, -0.2) is 16.2 Å². The van der Waals surface area contributed by atoms with Crippen molar-refractivity contribution in [3.8, 4) is 10.7 Å². The fourth-order valence-electron chi connectivity index (χ4n) is 3.86. The van der Waals surface area contributed by atoms with Crippen LogP contribution in [0.5, 0.6) is 0 Å². The summed E-state index contributed by atoms with van der Waals surface area (Å²) in [5.41, 5.74) is 1.31. The Kier molecular flexibility index (Phi) is 5.45. The number of benzene rings is 2. The van der Waals surface area contributed by atoms with E-state index in [1.807, 2.05) is 47.8 Å². The molecule has 1 aliphatic heterocycles. The third-order valence-electron chi connectivity index (χ3n) is 5.47. The van der Waals surface area contributed by atoms with E-state index in [9.17, 15) is 18.0 Å². The zero-order chi connectivity index (χ0) is 23.9. The molecule has 2 aromatic heterocycles. The zero-order valence-corrected chi connectivity index (χ0v) is 18.5. The van der Waals surface area contributed by atoms with Gasteiger partial charge in [-0.25, -0.2) is 4.79 Å². The van der Waals surface area contributed by atoms with E-state index in [0.717, 1.165) is 22.6 Å². The van der Waals surface area contributed by atoms with Crippen LogP contribution in [0.25, 0.3) is 16.3 Å². The molecule has 0 saturated carbocycles. The number of rotatable bonds is 4. The molecule has 2 amide bonds. The molecule has 0 spiro atoms. The van der Waals surface area contributed by atoms with Gasteiger partial charge < -0.3 is 9.84 Å². The van der Waals surface area contributed by atoms with Gasteiger partial charge in [0, 0.05) is 5.70 Å². The summed E-state index contributed by atoms with van der Waals surface area (Å²) in [6, 6.07) is 16.4. The molecule has 5 rings (SSSR count). The predicted molar refractivity (Wildman–Crippen MR) is 122 cm³/mol. The number of hydrogen-bond donors (Lipinski definition) is 1. The molecule has 0 radical (unpaired) electrons. The Morgan fingerprint density at radius 3 is 2.41 bits per heavy atom. The fraction of sp³-hybridized carbons (Fsp3) is 0.125. The lowest BCUT2D eigenvalue weighted by Crippen LogP contribution is -2.46. The van der Waals surface area contributed by atoms with Crippen molar-refractivity contribution in [2.45, 2.75) is 19.1 Å². The maximum absolute atomic E-state index is 13.1. The summed E-state index contributed by atoms with van der Waals surface area (Å²) in [6.07, 6.45) is -4.47. The van der Waals surface area contributed by atoms with Crippen molar-refractivity contribution in [2.75, 3.05) is 4.90 Å². The summed E-state index contributed by atoms with van der Waals surface area (Å²) in [5.74, 6) is 0.627. The van der Waals surface area contributed by atoms with E-state index >= 15 is 0 Å². The summed E-state index contributed by atoms with van der Waals surface area (Å²) < 4.78 is 44.7. The highest BCUT2D eigenvalue weighted by atomic mass is 32.1. The monoisotopic (exact) mass is 482 g/mol. The third kappa shape index (κ3) is 3.96. The van der Waals surface area contributed by atoms with E-state index in [-0.39, 0.29) is 11.6 Å². The fourth-order valence-corrected chi connectivity index (χ4v) is 4.51. The minimum absolute atomic E-state index is 0.215. The highest BCUT2D eigenvalue weighted by molar-refractivity contribution is 7.13. The number of aromatic nitrogens is 2. The van der Waals surface area contributed by atoms with Gasteiger partial charge in [0.05, 0.1) is 27.7 Å². The lowest BCUT2D eigenvalue weighted by molar-refractivity contribution is -0.137. The van der Waals surface area contributed by atoms with Gasteiger partial charge in [-0.05, 0) is 48.2 Å². The quantitative estimate of drug-likeness (QED) is 0.360. The van der Waals surface area contributed by atoms with Gasteiger partial charge in [0.25, 0.3) is 5.89 Å².